The number of likely N-dealkylation sites (N-methyl/N-ethyl adjacent to an activating group) is 1. The Kier molecular flexibility index (Phi) is 13.0. The summed E-state index contributed by atoms with van der Waals surface area (Å²) >= 11 is 0. The van der Waals surface area contributed by atoms with E-state index in [0.717, 1.165) is 43.1 Å². The molecule has 0 aliphatic rings. The monoisotopic (exact) mass is 530 g/mol. The largest absolute Gasteiger partial charge is 0.493 e. The number of nitrogens with zero attached hydrogens (tertiary/aromatic N) is 2. The van der Waals surface area contributed by atoms with Gasteiger partial charge in [0, 0.05) is 58.6 Å². The van der Waals surface area contributed by atoms with Crippen molar-refractivity contribution in [3.05, 3.63) is 59.9 Å². The Bertz CT molecular complexity index is 759. The van der Waals surface area contributed by atoms with Gasteiger partial charge in [-0.1, -0.05) is 18.2 Å². The van der Waals surface area contributed by atoms with Gasteiger partial charge in [-0.3, -0.25) is 4.99 Å². The molecule has 0 bridgehead atoms. The lowest BCUT2D eigenvalue weighted by atomic mass is 10.2. The van der Waals surface area contributed by atoms with Gasteiger partial charge in [0.2, 0.25) is 0 Å². The van der Waals surface area contributed by atoms with Gasteiger partial charge >= 0.3 is 0 Å². The van der Waals surface area contributed by atoms with Crippen molar-refractivity contribution in [1.82, 2.24) is 10.2 Å². The molecule has 2 aromatic carbocycles. The first-order valence-electron chi connectivity index (χ1n) is 9.73. The normalized spacial score (nSPS) is 11.2. The number of aliphatic imine (C=N–C) groups is 1. The summed E-state index contributed by atoms with van der Waals surface area (Å²) in [6.45, 7) is 3.61. The van der Waals surface area contributed by atoms with Crippen molar-refractivity contribution >= 4 is 35.6 Å². The van der Waals surface area contributed by atoms with E-state index in [4.69, 9.17) is 9.47 Å². The average Bonchev–Trinajstić information content (AvgIpc) is 2.72. The van der Waals surface area contributed by atoms with Gasteiger partial charge in [0.05, 0.1) is 6.61 Å². The maximum absolute atomic E-state index is 13.0. The van der Waals surface area contributed by atoms with Crippen molar-refractivity contribution in [3.63, 3.8) is 0 Å². The number of methoxy groups -OCH3 is 1. The molecule has 2 aromatic rings. The molecule has 0 heterocycles. The van der Waals surface area contributed by atoms with Crippen LogP contribution in [0.15, 0.2) is 53.5 Å². The first-order valence-corrected chi connectivity index (χ1v) is 9.73. The molecule has 0 amide bonds. The summed E-state index contributed by atoms with van der Waals surface area (Å²) in [4.78, 5) is 6.44. The van der Waals surface area contributed by atoms with Crippen molar-refractivity contribution < 1.29 is 13.9 Å². The molecule has 166 valence electrons. The SMILES string of the molecule is CN=C(NCCN(C)Cc1ccc(F)cc1)Nc1cccc(OCCCOC)c1.I. The van der Waals surface area contributed by atoms with E-state index < -0.39 is 0 Å². The molecule has 0 unspecified atom stereocenters. The van der Waals surface area contributed by atoms with Gasteiger partial charge in [0.1, 0.15) is 11.6 Å². The van der Waals surface area contributed by atoms with E-state index in [2.05, 4.69) is 20.5 Å². The van der Waals surface area contributed by atoms with Gasteiger partial charge in [0.15, 0.2) is 5.96 Å². The van der Waals surface area contributed by atoms with Crippen LogP contribution in [0, 0.1) is 5.82 Å². The molecule has 2 rings (SSSR count). The fourth-order valence-electron chi connectivity index (χ4n) is 2.72. The predicted octanol–water partition coefficient (Wildman–Crippen LogP) is 3.98. The van der Waals surface area contributed by atoms with Gasteiger partial charge in [-0.25, -0.2) is 4.39 Å². The Labute approximate surface area is 195 Å². The van der Waals surface area contributed by atoms with Gasteiger partial charge in [-0.15, -0.1) is 24.0 Å². The van der Waals surface area contributed by atoms with E-state index in [1.807, 2.05) is 43.4 Å². The molecule has 0 radical (unpaired) electrons. The standard InChI is InChI=1S/C22H31FN4O2.HI/c1-24-22(25-12-13-27(2)17-18-8-10-19(23)11-9-18)26-20-6-4-7-21(16-20)29-15-5-14-28-3;/h4,6-11,16H,5,12-15,17H2,1-3H3,(H2,24,25,26);1H. The van der Waals surface area contributed by atoms with E-state index >= 15 is 0 Å². The molecule has 30 heavy (non-hydrogen) atoms. The number of hydrogen-bond donors (Lipinski definition) is 2. The second-order valence-electron chi connectivity index (χ2n) is 6.71. The Morgan fingerprint density at radius 3 is 2.60 bits per heavy atom. The number of guanidine groups is 1. The Balaban J connectivity index is 0.00000450. The summed E-state index contributed by atoms with van der Waals surface area (Å²) in [7, 11) is 5.46. The third-order valence-electron chi connectivity index (χ3n) is 4.23. The first kappa shape index (κ1) is 26.1. The second kappa shape index (κ2) is 15.0. The number of hydrogen-bond acceptors (Lipinski definition) is 4. The number of rotatable bonds is 11. The highest BCUT2D eigenvalue weighted by Gasteiger charge is 2.04. The second-order valence-corrected chi connectivity index (χ2v) is 6.71. The van der Waals surface area contributed by atoms with Crippen LogP contribution in [0.4, 0.5) is 10.1 Å². The van der Waals surface area contributed by atoms with E-state index in [1.54, 1.807) is 14.2 Å². The van der Waals surface area contributed by atoms with Gasteiger partial charge in [0.25, 0.3) is 0 Å². The van der Waals surface area contributed by atoms with Crippen LogP contribution in [0.3, 0.4) is 0 Å². The summed E-state index contributed by atoms with van der Waals surface area (Å²) in [5.74, 6) is 1.29. The lowest BCUT2D eigenvalue weighted by Crippen LogP contribution is -2.36. The number of nitrogens with one attached hydrogen (secondary N) is 2. The minimum Gasteiger partial charge on any atom is -0.493 e. The minimum absolute atomic E-state index is 0. The molecular weight excluding hydrogens is 498 g/mol. The van der Waals surface area contributed by atoms with Crippen molar-refractivity contribution in [2.24, 2.45) is 4.99 Å². The van der Waals surface area contributed by atoms with E-state index in [1.165, 1.54) is 12.1 Å². The molecular formula is C22H32FIN4O2. The van der Waals surface area contributed by atoms with Crippen LogP contribution in [-0.4, -0.2) is 58.4 Å². The quantitative estimate of drug-likeness (QED) is 0.199. The van der Waals surface area contributed by atoms with Gasteiger partial charge < -0.3 is 25.0 Å². The molecule has 8 heteroatoms. The molecule has 0 aliphatic heterocycles. The van der Waals surface area contributed by atoms with Crippen LogP contribution in [0.5, 0.6) is 5.75 Å². The van der Waals surface area contributed by atoms with Crippen molar-refractivity contribution in [2.45, 2.75) is 13.0 Å². The van der Waals surface area contributed by atoms with E-state index in [-0.39, 0.29) is 29.8 Å². The van der Waals surface area contributed by atoms with Crippen molar-refractivity contribution in [3.8, 4) is 5.75 Å². The molecule has 0 aliphatic carbocycles. The number of benzene rings is 2. The number of ether oxygens (including phenoxy) is 2. The molecule has 2 N–H and O–H groups in total. The third kappa shape index (κ3) is 10.2. The lowest BCUT2D eigenvalue weighted by Gasteiger charge is -2.18. The number of halogens is 2. The van der Waals surface area contributed by atoms with Crippen molar-refractivity contribution in [2.75, 3.05) is 52.8 Å². The van der Waals surface area contributed by atoms with E-state index in [0.29, 0.717) is 19.2 Å². The van der Waals surface area contributed by atoms with Gasteiger partial charge in [-0.05, 0) is 36.9 Å². The Morgan fingerprint density at radius 1 is 1.13 bits per heavy atom. The molecule has 0 saturated heterocycles. The predicted molar refractivity (Wildman–Crippen MR) is 132 cm³/mol. The summed E-state index contributed by atoms with van der Waals surface area (Å²) in [6.07, 6.45) is 0.850. The van der Waals surface area contributed by atoms with Crippen LogP contribution in [-0.2, 0) is 11.3 Å². The Hall–Kier alpha value is -1.91. The fraction of sp³-hybridized carbons (Fsp3) is 0.409. The summed E-state index contributed by atoms with van der Waals surface area (Å²) in [6, 6.07) is 14.4. The smallest absolute Gasteiger partial charge is 0.195 e. The number of anilines is 1. The molecule has 0 saturated carbocycles. The fourth-order valence-corrected chi connectivity index (χ4v) is 2.72. The van der Waals surface area contributed by atoms with Crippen LogP contribution in [0.25, 0.3) is 0 Å². The van der Waals surface area contributed by atoms with Crippen LogP contribution in [0.2, 0.25) is 0 Å². The zero-order chi connectivity index (χ0) is 20.9. The average molecular weight is 530 g/mol. The maximum Gasteiger partial charge on any atom is 0.195 e. The molecule has 0 atom stereocenters. The zero-order valence-electron chi connectivity index (χ0n) is 17.9. The minimum atomic E-state index is -0.211. The first-order chi connectivity index (χ1) is 14.1. The molecule has 0 fully saturated rings. The maximum atomic E-state index is 13.0. The summed E-state index contributed by atoms with van der Waals surface area (Å²) in [5, 5.41) is 6.58. The topological polar surface area (TPSA) is 58.1 Å². The van der Waals surface area contributed by atoms with E-state index in [9.17, 15) is 4.39 Å². The summed E-state index contributed by atoms with van der Waals surface area (Å²) < 4.78 is 23.8. The lowest BCUT2D eigenvalue weighted by molar-refractivity contribution is 0.172. The molecule has 0 spiro atoms. The Morgan fingerprint density at radius 2 is 1.90 bits per heavy atom. The molecule has 0 aromatic heterocycles. The highest BCUT2D eigenvalue weighted by molar-refractivity contribution is 14.0. The highest BCUT2D eigenvalue weighted by atomic mass is 127. The van der Waals surface area contributed by atoms with Crippen LogP contribution >= 0.6 is 24.0 Å². The summed E-state index contributed by atoms with van der Waals surface area (Å²) in [5.41, 5.74) is 1.99. The van der Waals surface area contributed by atoms with Crippen molar-refractivity contribution in [1.29, 1.82) is 0 Å². The van der Waals surface area contributed by atoms with Gasteiger partial charge in [-0.2, -0.15) is 0 Å². The zero-order valence-corrected chi connectivity index (χ0v) is 20.2. The third-order valence-corrected chi connectivity index (χ3v) is 4.23. The van der Waals surface area contributed by atoms with Crippen LogP contribution in [0.1, 0.15) is 12.0 Å². The van der Waals surface area contributed by atoms with Crippen LogP contribution < -0.4 is 15.4 Å². The molecule has 6 nitrogen and oxygen atoms in total. The highest BCUT2D eigenvalue weighted by Crippen LogP contribution is 2.17.